The largest absolute Gasteiger partial charge is 0.462 e. The number of unbranched alkanes of at least 4 members (excludes halogenated alkanes) is 27. The van der Waals surface area contributed by atoms with Gasteiger partial charge < -0.3 is 14.2 Å². The van der Waals surface area contributed by atoms with Gasteiger partial charge >= 0.3 is 11.9 Å². The van der Waals surface area contributed by atoms with Crippen LogP contribution in [0, 0.1) is 0 Å². The summed E-state index contributed by atoms with van der Waals surface area (Å²) in [4.78, 5) is 25.1. The van der Waals surface area contributed by atoms with Crippen molar-refractivity contribution in [2.45, 2.75) is 258 Å². The SMILES string of the molecule is CCCCC/C=C\C/C=C\C/C=C\CCCCCCCCC(=O)OCC(COCCCCCCCCCC/C=C\CCCCCCCC)OC(=O)CCCCCCC. The first-order valence-corrected chi connectivity index (χ1v) is 25.2. The Labute approximate surface area is 361 Å². The number of hydrogen-bond donors (Lipinski definition) is 0. The van der Waals surface area contributed by atoms with Crippen LogP contribution in [0.2, 0.25) is 0 Å². The van der Waals surface area contributed by atoms with Gasteiger partial charge in [0.05, 0.1) is 6.61 Å². The number of carbonyl (C=O) groups is 2. The van der Waals surface area contributed by atoms with E-state index >= 15 is 0 Å². The van der Waals surface area contributed by atoms with Gasteiger partial charge in [-0.25, -0.2) is 0 Å². The van der Waals surface area contributed by atoms with Crippen molar-refractivity contribution >= 4 is 11.9 Å². The second kappa shape index (κ2) is 49.2. The minimum atomic E-state index is -0.537. The zero-order valence-electron chi connectivity index (χ0n) is 38.8. The van der Waals surface area contributed by atoms with Gasteiger partial charge in [-0.1, -0.05) is 204 Å². The molecule has 0 heterocycles. The number of esters is 2. The molecule has 0 N–H and O–H groups in total. The molecular weight excluding hydrogens is 717 g/mol. The van der Waals surface area contributed by atoms with Crippen molar-refractivity contribution in [2.24, 2.45) is 0 Å². The average Bonchev–Trinajstić information content (AvgIpc) is 3.22. The zero-order valence-corrected chi connectivity index (χ0v) is 38.8. The molecule has 58 heavy (non-hydrogen) atoms. The summed E-state index contributed by atoms with van der Waals surface area (Å²) in [5.74, 6) is -0.420. The van der Waals surface area contributed by atoms with E-state index in [0.717, 1.165) is 70.6 Å². The van der Waals surface area contributed by atoms with Gasteiger partial charge in [-0.2, -0.15) is 0 Å². The molecule has 0 aliphatic carbocycles. The van der Waals surface area contributed by atoms with Gasteiger partial charge in [-0.3, -0.25) is 9.59 Å². The van der Waals surface area contributed by atoms with Crippen LogP contribution in [0.25, 0.3) is 0 Å². The second-order valence-electron chi connectivity index (χ2n) is 16.7. The highest BCUT2D eigenvalue weighted by Gasteiger charge is 2.17. The molecule has 5 nitrogen and oxygen atoms in total. The lowest BCUT2D eigenvalue weighted by atomic mass is 10.1. The first-order valence-electron chi connectivity index (χ1n) is 25.2. The fourth-order valence-corrected chi connectivity index (χ4v) is 7.04. The lowest BCUT2D eigenvalue weighted by Crippen LogP contribution is -2.30. The molecule has 5 heteroatoms. The summed E-state index contributed by atoms with van der Waals surface area (Å²) in [6.07, 6.45) is 60.0. The Kier molecular flexibility index (Phi) is 47.4. The smallest absolute Gasteiger partial charge is 0.306 e. The fraction of sp³-hybridized carbons (Fsp3) is 0.811. The molecule has 0 aromatic carbocycles. The lowest BCUT2D eigenvalue weighted by Gasteiger charge is -2.18. The molecule has 0 fully saturated rings. The maximum atomic E-state index is 12.6. The quantitative estimate of drug-likeness (QED) is 0.0348. The topological polar surface area (TPSA) is 61.8 Å². The monoisotopic (exact) mass is 813 g/mol. The van der Waals surface area contributed by atoms with Crippen LogP contribution < -0.4 is 0 Å². The molecule has 0 amide bonds. The van der Waals surface area contributed by atoms with E-state index in [4.69, 9.17) is 14.2 Å². The third kappa shape index (κ3) is 46.5. The van der Waals surface area contributed by atoms with Crippen LogP contribution >= 0.6 is 0 Å². The fourth-order valence-electron chi connectivity index (χ4n) is 7.04. The standard InChI is InChI=1S/C53H96O5/c1-4-7-10-13-15-17-19-21-23-25-27-28-30-32-34-36-38-41-43-46-52(54)57-50-51(58-53(55)47-44-40-12-9-6-3)49-56-48-45-42-39-37-35-33-31-29-26-24-22-20-18-16-14-11-8-5-2/h15,17,21-24,27-28,51H,4-14,16,18-20,25-26,29-50H2,1-3H3/b17-15-,23-21-,24-22-,28-27-. The molecule has 0 aromatic heterocycles. The Morgan fingerprint density at radius 3 is 1.21 bits per heavy atom. The van der Waals surface area contributed by atoms with Crippen LogP contribution in [-0.4, -0.2) is 37.9 Å². The van der Waals surface area contributed by atoms with E-state index in [-0.39, 0.29) is 25.2 Å². The highest BCUT2D eigenvalue weighted by molar-refractivity contribution is 5.70. The molecule has 0 spiro atoms. The van der Waals surface area contributed by atoms with Crippen LogP contribution in [0.15, 0.2) is 48.6 Å². The molecule has 0 aliphatic rings. The van der Waals surface area contributed by atoms with Crippen molar-refractivity contribution in [1.29, 1.82) is 0 Å². The molecule has 0 radical (unpaired) electrons. The normalized spacial score (nSPS) is 12.5. The van der Waals surface area contributed by atoms with E-state index in [1.807, 2.05) is 0 Å². The highest BCUT2D eigenvalue weighted by Crippen LogP contribution is 2.14. The van der Waals surface area contributed by atoms with Crippen molar-refractivity contribution < 1.29 is 23.8 Å². The molecular formula is C53H96O5. The molecule has 338 valence electrons. The first kappa shape index (κ1) is 55.9. The molecule has 0 saturated heterocycles. The van der Waals surface area contributed by atoms with Crippen molar-refractivity contribution in [3.05, 3.63) is 48.6 Å². The van der Waals surface area contributed by atoms with E-state index in [1.54, 1.807) is 0 Å². The van der Waals surface area contributed by atoms with Gasteiger partial charge in [0.1, 0.15) is 6.61 Å². The summed E-state index contributed by atoms with van der Waals surface area (Å²) in [6, 6.07) is 0. The summed E-state index contributed by atoms with van der Waals surface area (Å²) < 4.78 is 17.2. The van der Waals surface area contributed by atoms with Crippen molar-refractivity contribution in [3.63, 3.8) is 0 Å². The molecule has 0 bridgehead atoms. The van der Waals surface area contributed by atoms with Gasteiger partial charge in [0.25, 0.3) is 0 Å². The third-order valence-corrected chi connectivity index (χ3v) is 10.8. The minimum Gasteiger partial charge on any atom is -0.462 e. The van der Waals surface area contributed by atoms with Crippen molar-refractivity contribution in [1.82, 2.24) is 0 Å². The zero-order chi connectivity index (χ0) is 42.1. The maximum Gasteiger partial charge on any atom is 0.306 e. The Morgan fingerprint density at radius 1 is 0.379 bits per heavy atom. The van der Waals surface area contributed by atoms with Gasteiger partial charge in [0, 0.05) is 19.4 Å². The Balaban J connectivity index is 4.04. The van der Waals surface area contributed by atoms with E-state index in [2.05, 4.69) is 69.4 Å². The van der Waals surface area contributed by atoms with E-state index in [0.29, 0.717) is 19.4 Å². The number of carbonyl (C=O) groups excluding carboxylic acids is 2. The average molecular weight is 813 g/mol. The number of allylic oxidation sites excluding steroid dienone is 8. The number of rotatable bonds is 46. The van der Waals surface area contributed by atoms with E-state index in [9.17, 15) is 9.59 Å². The summed E-state index contributed by atoms with van der Waals surface area (Å²) in [5, 5.41) is 0. The molecule has 0 aromatic rings. The molecule has 1 atom stereocenters. The summed E-state index contributed by atoms with van der Waals surface area (Å²) in [5.41, 5.74) is 0. The van der Waals surface area contributed by atoms with E-state index in [1.165, 1.54) is 148 Å². The molecule has 1 unspecified atom stereocenters. The maximum absolute atomic E-state index is 12.6. The molecule has 0 aliphatic heterocycles. The second-order valence-corrected chi connectivity index (χ2v) is 16.7. The van der Waals surface area contributed by atoms with Crippen molar-refractivity contribution in [3.8, 4) is 0 Å². The van der Waals surface area contributed by atoms with Crippen LogP contribution in [0.3, 0.4) is 0 Å². The molecule has 0 rings (SSSR count). The van der Waals surface area contributed by atoms with Gasteiger partial charge in [-0.15, -0.1) is 0 Å². The minimum absolute atomic E-state index is 0.0782. The van der Waals surface area contributed by atoms with Crippen LogP contribution in [-0.2, 0) is 23.8 Å². The summed E-state index contributed by atoms with van der Waals surface area (Å²) in [6.45, 7) is 7.73. The summed E-state index contributed by atoms with van der Waals surface area (Å²) in [7, 11) is 0. The van der Waals surface area contributed by atoms with E-state index < -0.39 is 6.10 Å². The third-order valence-electron chi connectivity index (χ3n) is 10.8. The first-order chi connectivity index (χ1) is 28.6. The van der Waals surface area contributed by atoms with Crippen molar-refractivity contribution in [2.75, 3.05) is 19.8 Å². The van der Waals surface area contributed by atoms with Gasteiger partial charge in [0.2, 0.25) is 0 Å². The Hall–Kier alpha value is -2.14. The predicted molar refractivity (Wildman–Crippen MR) is 251 cm³/mol. The molecule has 0 saturated carbocycles. The van der Waals surface area contributed by atoms with Gasteiger partial charge in [0.15, 0.2) is 6.10 Å². The van der Waals surface area contributed by atoms with Crippen LogP contribution in [0.1, 0.15) is 252 Å². The predicted octanol–water partition coefficient (Wildman–Crippen LogP) is 16.8. The number of hydrogen-bond acceptors (Lipinski definition) is 5. The van der Waals surface area contributed by atoms with Crippen LogP contribution in [0.4, 0.5) is 0 Å². The Morgan fingerprint density at radius 2 is 0.724 bits per heavy atom. The van der Waals surface area contributed by atoms with Crippen LogP contribution in [0.5, 0.6) is 0 Å². The number of ether oxygens (including phenoxy) is 3. The Bertz CT molecular complexity index is 966. The highest BCUT2D eigenvalue weighted by atomic mass is 16.6. The summed E-state index contributed by atoms with van der Waals surface area (Å²) >= 11 is 0. The van der Waals surface area contributed by atoms with Gasteiger partial charge in [-0.05, 0) is 83.5 Å². The lowest BCUT2D eigenvalue weighted by molar-refractivity contribution is -0.163.